The molecule has 1 amide bonds. The van der Waals surface area contributed by atoms with Gasteiger partial charge >= 0.3 is 5.97 Å². The monoisotopic (exact) mass is 785 g/mol. The van der Waals surface area contributed by atoms with Crippen molar-refractivity contribution >= 4 is 40.0 Å². The first-order chi connectivity index (χ1) is 23.0. The van der Waals surface area contributed by atoms with E-state index in [1.54, 1.807) is 39.3 Å². The fraction of sp³-hybridized carbons (Fsp3) is 0.462. The summed E-state index contributed by atoms with van der Waals surface area (Å²) in [6.07, 6.45) is 2.43. The van der Waals surface area contributed by atoms with Crippen LogP contribution in [0.5, 0.6) is 0 Å². The molecule has 2 N–H and O–H groups in total. The molecule has 1 aliphatic heterocycles. The van der Waals surface area contributed by atoms with Crippen LogP contribution in [-0.2, 0) is 20.7 Å². The number of hydrogen-bond acceptors (Lipinski definition) is 5. The highest BCUT2D eigenvalue weighted by molar-refractivity contribution is 14.1. The summed E-state index contributed by atoms with van der Waals surface area (Å²) in [5, 5.41) is 12.8. The Labute approximate surface area is 302 Å². The van der Waals surface area contributed by atoms with Crippen LogP contribution in [0.1, 0.15) is 84.6 Å². The van der Waals surface area contributed by atoms with Crippen molar-refractivity contribution in [3.63, 3.8) is 0 Å². The van der Waals surface area contributed by atoms with Crippen molar-refractivity contribution in [3.05, 3.63) is 95.7 Å². The molecule has 0 radical (unpaired) electrons. The van der Waals surface area contributed by atoms with Gasteiger partial charge in [-0.05, 0) is 145 Å². The lowest BCUT2D eigenvalue weighted by Gasteiger charge is -2.38. The fourth-order valence-corrected chi connectivity index (χ4v) is 7.86. The van der Waals surface area contributed by atoms with Gasteiger partial charge in [-0.15, -0.1) is 0 Å². The third-order valence-corrected chi connectivity index (χ3v) is 10.1. The Balaban J connectivity index is 1.78. The molecule has 10 heteroatoms. The summed E-state index contributed by atoms with van der Waals surface area (Å²) in [7, 11) is 1.71. The predicted octanol–water partition coefficient (Wildman–Crippen LogP) is 7.32. The minimum absolute atomic E-state index is 0.0137. The Morgan fingerprint density at radius 1 is 1.10 bits per heavy atom. The van der Waals surface area contributed by atoms with Crippen LogP contribution in [0.25, 0.3) is 16.7 Å². The molecule has 2 heterocycles. The second kappa shape index (κ2) is 16.1. The number of carbonyl (C=O) groups is 2. The number of rotatable bonds is 14. The van der Waals surface area contributed by atoms with Gasteiger partial charge in [0.25, 0.3) is 5.56 Å². The summed E-state index contributed by atoms with van der Waals surface area (Å²) in [4.78, 5) is 42.8. The van der Waals surface area contributed by atoms with E-state index < -0.39 is 36.2 Å². The summed E-state index contributed by atoms with van der Waals surface area (Å²) in [6, 6.07) is 5.35. The number of carbonyl (C=O) groups excluding carboxylic acids is 1. The number of methoxy groups -OCH3 is 1. The zero-order valence-corrected chi connectivity index (χ0v) is 32.0. The average Bonchev–Trinajstić information content (AvgIpc) is 2.96. The maximum Gasteiger partial charge on any atom is 0.305 e. The third kappa shape index (κ3) is 8.88. The Bertz CT molecular complexity index is 1790. The number of halogens is 2. The molecule has 49 heavy (non-hydrogen) atoms. The molecular formula is C39H49FIN3O5. The maximum absolute atomic E-state index is 16.0. The van der Waals surface area contributed by atoms with Crippen molar-refractivity contribution in [3.8, 4) is 11.1 Å². The number of hydrogen-bond donors (Lipinski definition) is 2. The number of allylic oxidation sites excluding steroid dienone is 1. The highest BCUT2D eigenvalue weighted by Crippen LogP contribution is 2.35. The summed E-state index contributed by atoms with van der Waals surface area (Å²) >= 11 is 2.26. The molecule has 2 atom stereocenters. The number of carboxylic acid groups (broad SMARTS) is 1. The minimum atomic E-state index is -1.18. The molecule has 8 nitrogen and oxygen atoms in total. The van der Waals surface area contributed by atoms with Crippen molar-refractivity contribution in [1.82, 2.24) is 14.8 Å². The molecule has 1 aliphatic rings. The number of nitrogens with zero attached hydrogens (tertiary/aromatic N) is 2. The average molecular weight is 786 g/mol. The summed E-state index contributed by atoms with van der Waals surface area (Å²) in [5.74, 6) is -2.28. The highest BCUT2D eigenvalue weighted by Gasteiger charge is 2.31. The smallest absolute Gasteiger partial charge is 0.305 e. The van der Waals surface area contributed by atoms with Crippen LogP contribution in [0.2, 0.25) is 0 Å². The van der Waals surface area contributed by atoms with Gasteiger partial charge in [-0.1, -0.05) is 20.4 Å². The van der Waals surface area contributed by atoms with Gasteiger partial charge in [0, 0.05) is 47.6 Å². The molecule has 0 saturated carbocycles. The van der Waals surface area contributed by atoms with Crippen molar-refractivity contribution in [2.24, 2.45) is 5.92 Å². The van der Waals surface area contributed by atoms with Crippen molar-refractivity contribution in [2.45, 2.75) is 85.9 Å². The van der Waals surface area contributed by atoms with Crippen LogP contribution in [0.3, 0.4) is 0 Å². The molecule has 3 aromatic rings. The van der Waals surface area contributed by atoms with E-state index in [1.165, 1.54) is 4.57 Å². The number of carboxylic acids is 1. The zero-order valence-electron chi connectivity index (χ0n) is 29.9. The molecular weight excluding hydrogens is 736 g/mol. The summed E-state index contributed by atoms with van der Waals surface area (Å²) < 4.78 is 23.9. The molecule has 2 aromatic carbocycles. The Kier molecular flexibility index (Phi) is 12.6. The van der Waals surface area contributed by atoms with E-state index in [1.807, 2.05) is 46.8 Å². The zero-order chi connectivity index (χ0) is 36.3. The summed E-state index contributed by atoms with van der Waals surface area (Å²) in [5.41, 5.74) is 6.63. The topological polar surface area (TPSA) is 101 Å². The second-order valence-electron chi connectivity index (χ2n) is 13.9. The minimum Gasteiger partial charge on any atom is -0.481 e. The van der Waals surface area contributed by atoms with Gasteiger partial charge in [0.2, 0.25) is 5.91 Å². The second-order valence-corrected chi connectivity index (χ2v) is 15.2. The Hall–Kier alpha value is -3.35. The van der Waals surface area contributed by atoms with Gasteiger partial charge < -0.3 is 19.7 Å². The first kappa shape index (κ1) is 38.5. The van der Waals surface area contributed by atoms with Crippen LogP contribution in [0.15, 0.2) is 41.8 Å². The molecule has 1 unspecified atom stereocenters. The first-order valence-corrected chi connectivity index (χ1v) is 17.8. The van der Waals surface area contributed by atoms with E-state index in [0.29, 0.717) is 29.5 Å². The first-order valence-electron chi connectivity index (χ1n) is 16.8. The number of aryl methyl sites for hydroxylation is 3. The number of pyridine rings is 1. The fourth-order valence-electron chi connectivity index (χ4n) is 6.93. The largest absolute Gasteiger partial charge is 0.481 e. The van der Waals surface area contributed by atoms with Crippen LogP contribution < -0.4 is 10.9 Å². The molecule has 1 fully saturated rings. The van der Waals surface area contributed by atoms with Gasteiger partial charge in [-0.25, -0.2) is 4.39 Å². The van der Waals surface area contributed by atoms with Gasteiger partial charge in [0.15, 0.2) is 0 Å². The molecule has 0 aliphatic carbocycles. The lowest BCUT2D eigenvalue weighted by Crippen LogP contribution is -2.52. The number of amides is 1. The van der Waals surface area contributed by atoms with E-state index in [9.17, 15) is 19.5 Å². The number of likely N-dealkylation sites (tertiary alicyclic amines) is 1. The third-order valence-electron chi connectivity index (χ3n) is 9.45. The van der Waals surface area contributed by atoms with Crippen LogP contribution in [0.4, 0.5) is 4.39 Å². The number of aromatic nitrogens is 1. The molecule has 1 aromatic heterocycles. The van der Waals surface area contributed by atoms with Crippen molar-refractivity contribution < 1.29 is 23.8 Å². The Morgan fingerprint density at radius 2 is 1.73 bits per heavy atom. The lowest BCUT2D eigenvalue weighted by molar-refractivity contribution is -0.138. The van der Waals surface area contributed by atoms with Crippen LogP contribution in [0, 0.1) is 43.0 Å². The molecule has 4 rings (SSSR count). The Morgan fingerprint density at radius 3 is 2.29 bits per heavy atom. The van der Waals surface area contributed by atoms with Gasteiger partial charge in [0.05, 0.1) is 18.6 Å². The lowest BCUT2D eigenvalue weighted by atomic mass is 9.90. The molecule has 0 bridgehead atoms. The predicted molar refractivity (Wildman–Crippen MR) is 201 cm³/mol. The normalized spacial score (nSPS) is 14.8. The van der Waals surface area contributed by atoms with Gasteiger partial charge in [-0.3, -0.25) is 19.3 Å². The van der Waals surface area contributed by atoms with Crippen molar-refractivity contribution in [2.75, 3.05) is 26.7 Å². The maximum atomic E-state index is 16.0. The number of nitrogens with one attached hydrogen (secondary N) is 1. The highest BCUT2D eigenvalue weighted by atomic mass is 127. The molecule has 0 spiro atoms. The van der Waals surface area contributed by atoms with Crippen LogP contribution >= 0.6 is 22.6 Å². The van der Waals surface area contributed by atoms with E-state index in [-0.39, 0.29) is 23.1 Å². The standard InChI is InChI=1S/C39H49FIN3O5/c1-21(2)12-33(44-18-27(10-11-43-19-30(20-43)49-9)26(8)35(22(3)4)39(44)48)38(47)42-32(17-34(45)46)31-16-28(13-25(7)37(31)40)36-23(5)14-29(41)15-24(36)6/h13-16,18,21,30,32-33H,3,10-12,17,19-20H2,1-2,4-9H3,(H,42,47)(H,45,46)/t32-,33?/m0/s1. The van der Waals surface area contributed by atoms with E-state index in [0.717, 1.165) is 56.6 Å². The van der Waals surface area contributed by atoms with Gasteiger partial charge in [0.1, 0.15) is 11.9 Å². The summed E-state index contributed by atoms with van der Waals surface area (Å²) in [6.45, 7) is 19.8. The number of aliphatic carboxylic acids is 1. The SMILES string of the molecule is C=C(C)c1c(C)c(CCN2CC(OC)C2)cn(C(CC(C)C)C(=O)N[C@@H](CC(=O)O)c2cc(-c3c(C)cc(I)cc3C)cc(C)c2F)c1=O. The van der Waals surface area contributed by atoms with E-state index in [2.05, 4.69) is 39.4 Å². The van der Waals surface area contributed by atoms with Crippen molar-refractivity contribution in [1.29, 1.82) is 0 Å². The van der Waals surface area contributed by atoms with Gasteiger partial charge in [-0.2, -0.15) is 0 Å². The molecule has 1 saturated heterocycles. The quantitative estimate of drug-likeness (QED) is 0.166. The molecule has 264 valence electrons. The number of ether oxygens (including phenoxy) is 1. The van der Waals surface area contributed by atoms with Crippen LogP contribution in [-0.4, -0.2) is 59.3 Å². The van der Waals surface area contributed by atoms with E-state index in [4.69, 9.17) is 4.74 Å². The number of benzene rings is 2. The van der Waals surface area contributed by atoms with E-state index >= 15 is 4.39 Å².